The number of aromatic hydroxyl groups is 2. The van der Waals surface area contributed by atoms with E-state index in [1.807, 2.05) is 0 Å². The van der Waals surface area contributed by atoms with Gasteiger partial charge in [-0.15, -0.1) is 11.6 Å². The second-order valence-electron chi connectivity index (χ2n) is 2.27. The first-order valence-corrected chi connectivity index (χ1v) is 4.02. The summed E-state index contributed by atoms with van der Waals surface area (Å²) in [6.07, 6.45) is 3.23. The lowest BCUT2D eigenvalue weighted by Crippen LogP contribution is -1.76. The van der Waals surface area contributed by atoms with E-state index >= 15 is 0 Å². The molecule has 0 unspecified atom stereocenters. The van der Waals surface area contributed by atoms with E-state index in [4.69, 9.17) is 11.6 Å². The molecule has 1 aromatic rings. The number of phenols is 2. The normalized spacial score (nSPS) is 10.8. The summed E-state index contributed by atoms with van der Waals surface area (Å²) < 4.78 is 0. The summed E-state index contributed by atoms with van der Waals surface area (Å²) >= 11 is 5.41. The standard InChI is InChI=1S/C9H9ClO2/c10-6-2-3-7-8(11)4-1-5-9(7)12/h1-5,11-12H,6H2. The number of hydrogen-bond donors (Lipinski definition) is 2. The number of halogens is 1. The summed E-state index contributed by atoms with van der Waals surface area (Å²) in [5.41, 5.74) is 0.401. The highest BCUT2D eigenvalue weighted by Gasteiger charge is 2.01. The van der Waals surface area contributed by atoms with Crippen LogP contribution >= 0.6 is 11.6 Å². The second-order valence-corrected chi connectivity index (χ2v) is 2.58. The van der Waals surface area contributed by atoms with Crippen molar-refractivity contribution in [3.8, 4) is 11.5 Å². The molecule has 0 aromatic heterocycles. The van der Waals surface area contributed by atoms with Crippen LogP contribution in [0.3, 0.4) is 0 Å². The van der Waals surface area contributed by atoms with Crippen LogP contribution in [0, 0.1) is 0 Å². The number of benzene rings is 1. The minimum absolute atomic E-state index is 0.0522. The fourth-order valence-electron chi connectivity index (χ4n) is 0.874. The van der Waals surface area contributed by atoms with Crippen molar-refractivity contribution in [1.29, 1.82) is 0 Å². The zero-order chi connectivity index (χ0) is 8.97. The average Bonchev–Trinajstić information content (AvgIpc) is 2.04. The molecule has 2 nitrogen and oxygen atoms in total. The molecule has 1 aromatic carbocycles. The third-order valence-corrected chi connectivity index (χ3v) is 1.61. The fraction of sp³-hybridized carbons (Fsp3) is 0.111. The van der Waals surface area contributed by atoms with Crippen LogP contribution in [-0.4, -0.2) is 16.1 Å². The Morgan fingerprint density at radius 1 is 1.25 bits per heavy atom. The molecular formula is C9H9ClO2. The van der Waals surface area contributed by atoms with Crippen LogP contribution in [-0.2, 0) is 0 Å². The van der Waals surface area contributed by atoms with Crippen LogP contribution in [0.4, 0.5) is 0 Å². The molecule has 0 atom stereocenters. The van der Waals surface area contributed by atoms with Gasteiger partial charge in [0.05, 0.1) is 5.56 Å². The molecule has 0 fully saturated rings. The molecule has 3 heteroatoms. The van der Waals surface area contributed by atoms with Crippen molar-refractivity contribution in [1.82, 2.24) is 0 Å². The van der Waals surface area contributed by atoms with Gasteiger partial charge in [-0.2, -0.15) is 0 Å². The molecule has 0 aliphatic carbocycles. The van der Waals surface area contributed by atoms with Crippen LogP contribution in [0.5, 0.6) is 11.5 Å². The van der Waals surface area contributed by atoms with E-state index in [1.54, 1.807) is 18.2 Å². The maximum Gasteiger partial charge on any atom is 0.126 e. The Bertz CT molecular complexity index is 274. The van der Waals surface area contributed by atoms with E-state index < -0.39 is 0 Å². The predicted molar refractivity (Wildman–Crippen MR) is 49.5 cm³/mol. The molecule has 0 saturated carbocycles. The number of phenolic OH excluding ortho intramolecular Hbond substituents is 2. The molecule has 0 aliphatic heterocycles. The van der Waals surface area contributed by atoms with Crippen molar-refractivity contribution >= 4 is 17.7 Å². The molecule has 0 bridgehead atoms. The molecule has 0 heterocycles. The topological polar surface area (TPSA) is 40.5 Å². The van der Waals surface area contributed by atoms with Gasteiger partial charge in [0.2, 0.25) is 0 Å². The van der Waals surface area contributed by atoms with Crippen molar-refractivity contribution < 1.29 is 10.2 Å². The van der Waals surface area contributed by atoms with Crippen molar-refractivity contribution in [3.05, 3.63) is 29.8 Å². The number of allylic oxidation sites excluding steroid dienone is 1. The molecule has 0 aliphatic rings. The van der Waals surface area contributed by atoms with E-state index in [-0.39, 0.29) is 11.5 Å². The number of alkyl halides is 1. The summed E-state index contributed by atoms with van der Waals surface area (Å²) in [7, 11) is 0. The van der Waals surface area contributed by atoms with Crippen LogP contribution < -0.4 is 0 Å². The molecule has 2 N–H and O–H groups in total. The molecular weight excluding hydrogens is 176 g/mol. The smallest absolute Gasteiger partial charge is 0.126 e. The Balaban J connectivity index is 3.04. The maximum absolute atomic E-state index is 9.26. The second kappa shape index (κ2) is 4.02. The van der Waals surface area contributed by atoms with Crippen molar-refractivity contribution in [3.63, 3.8) is 0 Å². The van der Waals surface area contributed by atoms with Crippen LogP contribution in [0.1, 0.15) is 5.56 Å². The van der Waals surface area contributed by atoms with E-state index in [9.17, 15) is 10.2 Å². The lowest BCUT2D eigenvalue weighted by atomic mass is 10.1. The molecule has 0 saturated heterocycles. The van der Waals surface area contributed by atoms with Crippen LogP contribution in [0.2, 0.25) is 0 Å². The van der Waals surface area contributed by atoms with Gasteiger partial charge in [-0.1, -0.05) is 18.2 Å². The quantitative estimate of drug-likeness (QED) is 0.693. The lowest BCUT2D eigenvalue weighted by Gasteiger charge is -2.00. The minimum Gasteiger partial charge on any atom is -0.507 e. The molecule has 1 rings (SSSR count). The van der Waals surface area contributed by atoms with E-state index in [0.717, 1.165) is 0 Å². The zero-order valence-corrected chi connectivity index (χ0v) is 7.12. The molecule has 64 valence electrons. The van der Waals surface area contributed by atoms with Gasteiger partial charge >= 0.3 is 0 Å². The monoisotopic (exact) mass is 184 g/mol. The SMILES string of the molecule is Oc1cccc(O)c1C=CCCl. The minimum atomic E-state index is 0.0522. The Hall–Kier alpha value is -1.15. The molecule has 12 heavy (non-hydrogen) atoms. The van der Waals surface area contributed by atoms with E-state index in [2.05, 4.69) is 0 Å². The van der Waals surface area contributed by atoms with Crippen molar-refractivity contribution in [2.75, 3.05) is 5.88 Å². The van der Waals surface area contributed by atoms with Gasteiger partial charge in [-0.3, -0.25) is 0 Å². The average molecular weight is 185 g/mol. The van der Waals surface area contributed by atoms with Crippen LogP contribution in [0.25, 0.3) is 6.08 Å². The third kappa shape index (κ3) is 1.92. The Labute approximate surface area is 75.7 Å². The lowest BCUT2D eigenvalue weighted by molar-refractivity contribution is 0.448. The predicted octanol–water partition coefficient (Wildman–Crippen LogP) is 2.35. The summed E-state index contributed by atoms with van der Waals surface area (Å²) in [4.78, 5) is 0. The first-order valence-electron chi connectivity index (χ1n) is 3.49. The molecule has 0 spiro atoms. The third-order valence-electron chi connectivity index (χ3n) is 1.43. The summed E-state index contributed by atoms with van der Waals surface area (Å²) in [5, 5.41) is 18.5. The summed E-state index contributed by atoms with van der Waals surface area (Å²) in [6.45, 7) is 0. The number of rotatable bonds is 2. The van der Waals surface area contributed by atoms with Crippen molar-refractivity contribution in [2.24, 2.45) is 0 Å². The van der Waals surface area contributed by atoms with Gasteiger partial charge in [-0.25, -0.2) is 0 Å². The molecule has 0 amide bonds. The highest BCUT2D eigenvalue weighted by Crippen LogP contribution is 2.27. The highest BCUT2D eigenvalue weighted by molar-refractivity contribution is 6.19. The Kier molecular flexibility index (Phi) is 3.00. The Morgan fingerprint density at radius 3 is 2.33 bits per heavy atom. The zero-order valence-electron chi connectivity index (χ0n) is 6.37. The largest absolute Gasteiger partial charge is 0.507 e. The maximum atomic E-state index is 9.26. The first kappa shape index (κ1) is 8.94. The molecule has 0 radical (unpaired) electrons. The van der Waals surface area contributed by atoms with Gasteiger partial charge in [0, 0.05) is 5.88 Å². The highest BCUT2D eigenvalue weighted by atomic mass is 35.5. The van der Waals surface area contributed by atoms with Gasteiger partial charge in [0.25, 0.3) is 0 Å². The summed E-state index contributed by atoms with van der Waals surface area (Å²) in [6, 6.07) is 4.59. The van der Waals surface area contributed by atoms with Gasteiger partial charge in [0.1, 0.15) is 11.5 Å². The first-order chi connectivity index (χ1) is 5.75. The fourth-order valence-corrected chi connectivity index (χ4v) is 0.963. The van der Waals surface area contributed by atoms with Crippen molar-refractivity contribution in [2.45, 2.75) is 0 Å². The van der Waals surface area contributed by atoms with Gasteiger partial charge < -0.3 is 10.2 Å². The van der Waals surface area contributed by atoms with Crippen LogP contribution in [0.15, 0.2) is 24.3 Å². The van der Waals surface area contributed by atoms with Gasteiger partial charge in [-0.05, 0) is 12.1 Å². The summed E-state index contributed by atoms with van der Waals surface area (Å²) in [5.74, 6) is 0.459. The van der Waals surface area contributed by atoms with Gasteiger partial charge in [0.15, 0.2) is 0 Å². The van der Waals surface area contributed by atoms with E-state index in [1.165, 1.54) is 12.1 Å². The van der Waals surface area contributed by atoms with E-state index in [0.29, 0.717) is 11.4 Å². The number of hydrogen-bond acceptors (Lipinski definition) is 2. The Morgan fingerprint density at radius 2 is 1.83 bits per heavy atom.